The lowest BCUT2D eigenvalue weighted by Crippen LogP contribution is -2.41. The second-order valence-corrected chi connectivity index (χ2v) is 4.60. The zero-order valence-electron chi connectivity index (χ0n) is 9.77. The van der Waals surface area contributed by atoms with Crippen LogP contribution in [0.3, 0.4) is 0 Å². The SMILES string of the molecule is CCN(CCCCCN)C(C)(C)C. The second kappa shape index (κ2) is 6.39. The molecule has 0 bridgehead atoms. The Balaban J connectivity index is 3.61. The van der Waals surface area contributed by atoms with E-state index in [-0.39, 0.29) is 0 Å². The van der Waals surface area contributed by atoms with E-state index in [1.165, 1.54) is 25.8 Å². The summed E-state index contributed by atoms with van der Waals surface area (Å²) in [5.41, 5.74) is 5.77. The summed E-state index contributed by atoms with van der Waals surface area (Å²) in [4.78, 5) is 2.52. The fraction of sp³-hybridized carbons (Fsp3) is 1.00. The second-order valence-electron chi connectivity index (χ2n) is 4.60. The van der Waals surface area contributed by atoms with Gasteiger partial charge in [-0.25, -0.2) is 0 Å². The predicted molar refractivity (Wildman–Crippen MR) is 59.9 cm³/mol. The van der Waals surface area contributed by atoms with Crippen LogP contribution in [0.1, 0.15) is 47.0 Å². The van der Waals surface area contributed by atoms with E-state index in [1.54, 1.807) is 0 Å². The fourth-order valence-electron chi connectivity index (χ4n) is 1.59. The maximum Gasteiger partial charge on any atom is 0.0124 e. The summed E-state index contributed by atoms with van der Waals surface area (Å²) in [6.07, 6.45) is 3.72. The van der Waals surface area contributed by atoms with E-state index >= 15 is 0 Å². The molecule has 0 heterocycles. The van der Waals surface area contributed by atoms with Gasteiger partial charge in [0, 0.05) is 5.54 Å². The number of rotatable bonds is 6. The lowest BCUT2D eigenvalue weighted by atomic mass is 10.1. The molecular weight excluding hydrogens is 160 g/mol. The average Bonchev–Trinajstić information content (AvgIpc) is 2.02. The standard InChI is InChI=1S/C11H26N2/c1-5-13(11(2,3)4)10-8-6-7-9-12/h5-10,12H2,1-4H3. The third kappa shape index (κ3) is 6.05. The van der Waals surface area contributed by atoms with Crippen molar-refractivity contribution in [2.75, 3.05) is 19.6 Å². The van der Waals surface area contributed by atoms with Gasteiger partial charge in [0.25, 0.3) is 0 Å². The zero-order valence-corrected chi connectivity index (χ0v) is 9.77. The molecule has 0 radical (unpaired) electrons. The first-order chi connectivity index (χ1) is 6.02. The van der Waals surface area contributed by atoms with Gasteiger partial charge >= 0.3 is 0 Å². The van der Waals surface area contributed by atoms with Crippen molar-refractivity contribution in [2.24, 2.45) is 5.73 Å². The molecule has 0 aliphatic heterocycles. The Kier molecular flexibility index (Phi) is 6.35. The van der Waals surface area contributed by atoms with Crippen LogP contribution >= 0.6 is 0 Å². The van der Waals surface area contributed by atoms with Gasteiger partial charge in [0.1, 0.15) is 0 Å². The van der Waals surface area contributed by atoms with Crippen molar-refractivity contribution >= 4 is 0 Å². The normalized spacial score (nSPS) is 12.5. The lowest BCUT2D eigenvalue weighted by molar-refractivity contribution is 0.142. The van der Waals surface area contributed by atoms with Crippen molar-refractivity contribution in [1.29, 1.82) is 0 Å². The minimum atomic E-state index is 0.317. The van der Waals surface area contributed by atoms with E-state index in [9.17, 15) is 0 Å². The summed E-state index contributed by atoms with van der Waals surface area (Å²) >= 11 is 0. The molecule has 0 aromatic rings. The molecular formula is C11H26N2. The van der Waals surface area contributed by atoms with Gasteiger partial charge < -0.3 is 5.73 Å². The Bertz CT molecular complexity index is 116. The molecule has 0 atom stereocenters. The summed E-state index contributed by atoms with van der Waals surface area (Å²) in [6.45, 7) is 12.3. The topological polar surface area (TPSA) is 29.3 Å². The van der Waals surface area contributed by atoms with E-state index in [1.807, 2.05) is 0 Å². The van der Waals surface area contributed by atoms with E-state index in [4.69, 9.17) is 5.73 Å². The summed E-state index contributed by atoms with van der Waals surface area (Å²) < 4.78 is 0. The Morgan fingerprint density at radius 2 is 1.69 bits per heavy atom. The maximum atomic E-state index is 5.45. The van der Waals surface area contributed by atoms with Gasteiger partial charge in [-0.3, -0.25) is 4.90 Å². The third-order valence-corrected chi connectivity index (χ3v) is 2.46. The van der Waals surface area contributed by atoms with Crippen LogP contribution in [0, 0.1) is 0 Å². The number of hydrogen-bond acceptors (Lipinski definition) is 2. The largest absolute Gasteiger partial charge is 0.330 e. The van der Waals surface area contributed by atoms with Crippen LogP contribution < -0.4 is 5.73 Å². The smallest absolute Gasteiger partial charge is 0.0124 e. The quantitative estimate of drug-likeness (QED) is 0.645. The molecule has 2 N–H and O–H groups in total. The molecule has 0 aliphatic carbocycles. The lowest BCUT2D eigenvalue weighted by Gasteiger charge is -2.34. The van der Waals surface area contributed by atoms with Gasteiger partial charge in [0.2, 0.25) is 0 Å². The fourth-order valence-corrected chi connectivity index (χ4v) is 1.59. The number of unbranched alkanes of at least 4 members (excludes halogenated alkanes) is 2. The van der Waals surface area contributed by atoms with E-state index in [0.29, 0.717) is 5.54 Å². The minimum Gasteiger partial charge on any atom is -0.330 e. The number of nitrogens with two attached hydrogens (primary N) is 1. The van der Waals surface area contributed by atoms with Crippen LogP contribution in [0.4, 0.5) is 0 Å². The predicted octanol–water partition coefficient (Wildman–Crippen LogP) is 2.24. The van der Waals surface area contributed by atoms with Crippen molar-refractivity contribution < 1.29 is 0 Å². The van der Waals surface area contributed by atoms with Crippen LogP contribution in [0.2, 0.25) is 0 Å². The first kappa shape index (κ1) is 12.9. The molecule has 2 nitrogen and oxygen atoms in total. The zero-order chi connectivity index (χ0) is 10.3. The molecule has 0 aromatic heterocycles. The molecule has 0 saturated carbocycles. The molecule has 0 amide bonds. The van der Waals surface area contributed by atoms with Crippen LogP contribution in [-0.4, -0.2) is 30.1 Å². The summed E-state index contributed by atoms with van der Waals surface area (Å²) in [6, 6.07) is 0. The number of nitrogens with zero attached hydrogens (tertiary/aromatic N) is 1. The summed E-state index contributed by atoms with van der Waals surface area (Å²) in [7, 11) is 0. The molecule has 0 fully saturated rings. The highest BCUT2D eigenvalue weighted by molar-refractivity contribution is 4.74. The molecule has 2 heteroatoms. The van der Waals surface area contributed by atoms with Crippen LogP contribution in [0.15, 0.2) is 0 Å². The van der Waals surface area contributed by atoms with Gasteiger partial charge in [-0.2, -0.15) is 0 Å². The Labute approximate surface area is 83.5 Å². The Morgan fingerprint density at radius 1 is 1.08 bits per heavy atom. The Hall–Kier alpha value is -0.0800. The van der Waals surface area contributed by atoms with E-state index in [2.05, 4.69) is 32.6 Å². The molecule has 0 aromatic carbocycles. The number of hydrogen-bond donors (Lipinski definition) is 1. The minimum absolute atomic E-state index is 0.317. The van der Waals surface area contributed by atoms with Crippen molar-refractivity contribution in [3.8, 4) is 0 Å². The molecule has 0 unspecified atom stereocenters. The first-order valence-corrected chi connectivity index (χ1v) is 5.47. The van der Waals surface area contributed by atoms with E-state index < -0.39 is 0 Å². The third-order valence-electron chi connectivity index (χ3n) is 2.46. The van der Waals surface area contributed by atoms with Crippen LogP contribution in [0.5, 0.6) is 0 Å². The maximum absolute atomic E-state index is 5.45. The molecule has 0 saturated heterocycles. The molecule has 0 aliphatic rings. The van der Waals surface area contributed by atoms with Gasteiger partial charge in [0.05, 0.1) is 0 Å². The molecule has 0 rings (SSSR count). The molecule has 80 valence electrons. The summed E-state index contributed by atoms with van der Waals surface area (Å²) in [5.74, 6) is 0. The molecule has 0 spiro atoms. The van der Waals surface area contributed by atoms with Crippen molar-refractivity contribution in [3.63, 3.8) is 0 Å². The Morgan fingerprint density at radius 3 is 2.08 bits per heavy atom. The first-order valence-electron chi connectivity index (χ1n) is 5.47. The van der Waals surface area contributed by atoms with Gasteiger partial charge in [-0.1, -0.05) is 13.3 Å². The highest BCUT2D eigenvalue weighted by atomic mass is 15.2. The highest BCUT2D eigenvalue weighted by Gasteiger charge is 2.18. The van der Waals surface area contributed by atoms with E-state index in [0.717, 1.165) is 13.1 Å². The van der Waals surface area contributed by atoms with Crippen LogP contribution in [0.25, 0.3) is 0 Å². The monoisotopic (exact) mass is 186 g/mol. The van der Waals surface area contributed by atoms with Crippen molar-refractivity contribution in [1.82, 2.24) is 4.90 Å². The van der Waals surface area contributed by atoms with Crippen molar-refractivity contribution in [2.45, 2.75) is 52.5 Å². The van der Waals surface area contributed by atoms with Crippen LogP contribution in [-0.2, 0) is 0 Å². The van der Waals surface area contributed by atoms with Crippen molar-refractivity contribution in [3.05, 3.63) is 0 Å². The highest BCUT2D eigenvalue weighted by Crippen LogP contribution is 2.13. The van der Waals surface area contributed by atoms with Gasteiger partial charge in [-0.15, -0.1) is 0 Å². The molecule has 13 heavy (non-hydrogen) atoms. The summed E-state index contributed by atoms with van der Waals surface area (Å²) in [5, 5.41) is 0. The average molecular weight is 186 g/mol. The van der Waals surface area contributed by atoms with Gasteiger partial charge in [-0.05, 0) is 53.2 Å². The van der Waals surface area contributed by atoms with Gasteiger partial charge in [0.15, 0.2) is 0 Å².